The molecule has 0 spiro atoms. The van der Waals surface area contributed by atoms with Gasteiger partial charge in [-0.05, 0) is 50.2 Å². The number of aliphatic hydroxyl groups is 1. The van der Waals surface area contributed by atoms with E-state index in [9.17, 15) is 24.8 Å². The molecule has 2 fully saturated rings. The molecule has 14 nitrogen and oxygen atoms in total. The van der Waals surface area contributed by atoms with Gasteiger partial charge in [0.1, 0.15) is 42.8 Å². The van der Waals surface area contributed by atoms with Crippen LogP contribution in [0.25, 0.3) is 5.52 Å². The number of aromatic nitrogens is 3. The summed E-state index contributed by atoms with van der Waals surface area (Å²) in [7, 11) is 0. The molecule has 0 aromatic carbocycles. The SMILES string of the molecule is CCN(CC)C(=O)Nc1ncnn2c([C@]3(C#N)O[C@H](COC(=O)CC4CCC4)[C@@H](OC(=O)[C@@H](N)C(C)(C)C)[C@H]3O)ccc12. The highest BCUT2D eigenvalue weighted by Crippen LogP contribution is 2.42. The van der Waals surface area contributed by atoms with Gasteiger partial charge in [0, 0.05) is 19.5 Å². The van der Waals surface area contributed by atoms with E-state index in [0.29, 0.717) is 18.6 Å². The molecule has 3 heterocycles. The number of nitrogens with two attached hydrogens (primary N) is 1. The van der Waals surface area contributed by atoms with Crippen molar-refractivity contribution in [1.82, 2.24) is 19.5 Å². The van der Waals surface area contributed by atoms with E-state index in [1.54, 1.807) is 31.7 Å². The predicted molar refractivity (Wildman–Crippen MR) is 153 cm³/mol. The number of nitriles is 1. The predicted octanol–water partition coefficient (Wildman–Crippen LogP) is 2.10. The number of fused-ring (bicyclic) bond motifs is 1. The summed E-state index contributed by atoms with van der Waals surface area (Å²) in [6, 6.07) is 3.71. The van der Waals surface area contributed by atoms with Crippen LogP contribution in [0, 0.1) is 22.7 Å². The molecule has 43 heavy (non-hydrogen) atoms. The fourth-order valence-corrected chi connectivity index (χ4v) is 5.17. The van der Waals surface area contributed by atoms with Crippen molar-refractivity contribution in [3.8, 4) is 6.07 Å². The second kappa shape index (κ2) is 12.8. The minimum absolute atomic E-state index is 0.0997. The molecule has 2 aliphatic rings. The van der Waals surface area contributed by atoms with E-state index in [4.69, 9.17) is 19.9 Å². The molecule has 1 aliphatic heterocycles. The second-order valence-corrected chi connectivity index (χ2v) is 12.1. The minimum Gasteiger partial charge on any atom is -0.463 e. The highest BCUT2D eigenvalue weighted by Gasteiger charge is 2.60. The number of rotatable bonds is 10. The van der Waals surface area contributed by atoms with Gasteiger partial charge in [0.25, 0.3) is 0 Å². The molecule has 1 aliphatic carbocycles. The van der Waals surface area contributed by atoms with E-state index < -0.39 is 47.3 Å². The Morgan fingerprint density at radius 1 is 1.30 bits per heavy atom. The normalized spacial score (nSPS) is 24.6. The number of ether oxygens (including phenoxy) is 3. The molecule has 2 aromatic rings. The molecule has 4 N–H and O–H groups in total. The average Bonchev–Trinajstić information content (AvgIpc) is 3.49. The van der Waals surface area contributed by atoms with Gasteiger partial charge in [0.15, 0.2) is 11.9 Å². The molecular formula is C29H41N7O7. The number of hydrogen-bond acceptors (Lipinski definition) is 11. The fraction of sp³-hybridized carbons (Fsp3) is 0.655. The lowest BCUT2D eigenvalue weighted by Gasteiger charge is -2.29. The van der Waals surface area contributed by atoms with Crippen LogP contribution in [-0.4, -0.2) is 86.6 Å². The van der Waals surface area contributed by atoms with Crippen LogP contribution in [0.4, 0.5) is 10.6 Å². The number of carbonyl (C=O) groups excluding carboxylic acids is 3. The number of nitrogens with one attached hydrogen (secondary N) is 1. The van der Waals surface area contributed by atoms with Gasteiger partial charge < -0.3 is 30.0 Å². The maximum absolute atomic E-state index is 13.0. The molecular weight excluding hydrogens is 558 g/mol. The first-order valence-electron chi connectivity index (χ1n) is 14.6. The largest absolute Gasteiger partial charge is 0.463 e. The van der Waals surface area contributed by atoms with Crippen LogP contribution in [0.3, 0.4) is 0 Å². The minimum atomic E-state index is -2.09. The van der Waals surface area contributed by atoms with Crippen molar-refractivity contribution >= 4 is 29.3 Å². The van der Waals surface area contributed by atoms with Crippen molar-refractivity contribution in [3.05, 3.63) is 24.2 Å². The monoisotopic (exact) mass is 599 g/mol. The summed E-state index contributed by atoms with van der Waals surface area (Å²) < 4.78 is 18.6. The van der Waals surface area contributed by atoms with Gasteiger partial charge in [-0.25, -0.2) is 14.3 Å². The number of esters is 2. The molecule has 14 heteroatoms. The smallest absolute Gasteiger partial charge is 0.323 e. The first kappa shape index (κ1) is 32.1. The Morgan fingerprint density at radius 3 is 2.58 bits per heavy atom. The Hall–Kier alpha value is -3.80. The summed E-state index contributed by atoms with van der Waals surface area (Å²) in [5.74, 6) is -0.798. The molecule has 1 saturated carbocycles. The topological polar surface area (TPSA) is 194 Å². The Balaban J connectivity index is 1.66. The highest BCUT2D eigenvalue weighted by molar-refractivity contribution is 5.92. The summed E-state index contributed by atoms with van der Waals surface area (Å²) in [5, 5.41) is 29.1. The third-order valence-electron chi connectivity index (χ3n) is 8.23. The number of urea groups is 1. The van der Waals surface area contributed by atoms with Gasteiger partial charge in [-0.2, -0.15) is 10.4 Å². The van der Waals surface area contributed by atoms with Crippen LogP contribution in [0.5, 0.6) is 0 Å². The Kier molecular flexibility index (Phi) is 9.58. The molecule has 1 saturated heterocycles. The molecule has 5 atom stereocenters. The second-order valence-electron chi connectivity index (χ2n) is 12.1. The van der Waals surface area contributed by atoms with Gasteiger partial charge in [-0.1, -0.05) is 27.2 Å². The van der Waals surface area contributed by atoms with E-state index in [2.05, 4.69) is 15.4 Å². The number of carbonyl (C=O) groups is 3. The summed E-state index contributed by atoms with van der Waals surface area (Å²) >= 11 is 0. The van der Waals surface area contributed by atoms with Crippen molar-refractivity contribution in [1.29, 1.82) is 5.26 Å². The van der Waals surface area contributed by atoms with Crippen molar-refractivity contribution in [2.75, 3.05) is 25.0 Å². The number of aliphatic hydroxyl groups excluding tert-OH is 1. The number of hydrogen-bond donors (Lipinski definition) is 3. The van der Waals surface area contributed by atoms with Crippen LogP contribution in [0.1, 0.15) is 66.0 Å². The van der Waals surface area contributed by atoms with Gasteiger partial charge in [-0.15, -0.1) is 0 Å². The molecule has 0 unspecified atom stereocenters. The molecule has 0 radical (unpaired) electrons. The zero-order valence-corrected chi connectivity index (χ0v) is 25.3. The Labute approximate surface area is 250 Å². The Morgan fingerprint density at radius 2 is 2.00 bits per heavy atom. The summed E-state index contributed by atoms with van der Waals surface area (Å²) in [6.45, 7) is 9.61. The molecule has 2 amide bonds. The number of amides is 2. The third-order valence-corrected chi connectivity index (χ3v) is 8.23. The van der Waals surface area contributed by atoms with Gasteiger partial charge in [0.05, 0.1) is 5.69 Å². The number of anilines is 1. The van der Waals surface area contributed by atoms with E-state index in [-0.39, 0.29) is 36.5 Å². The van der Waals surface area contributed by atoms with E-state index in [0.717, 1.165) is 19.3 Å². The molecule has 4 rings (SSSR count). The van der Waals surface area contributed by atoms with Gasteiger partial charge in [-0.3, -0.25) is 14.9 Å². The maximum atomic E-state index is 13.0. The molecule has 2 aromatic heterocycles. The van der Waals surface area contributed by atoms with Crippen LogP contribution in [0.15, 0.2) is 18.5 Å². The maximum Gasteiger partial charge on any atom is 0.323 e. The quantitative estimate of drug-likeness (QED) is 0.338. The first-order valence-corrected chi connectivity index (χ1v) is 14.6. The van der Waals surface area contributed by atoms with Crippen LogP contribution >= 0.6 is 0 Å². The van der Waals surface area contributed by atoms with E-state index in [1.807, 2.05) is 19.9 Å². The molecule has 0 bridgehead atoms. The first-order chi connectivity index (χ1) is 20.4. The summed E-state index contributed by atoms with van der Waals surface area (Å²) in [4.78, 5) is 44.0. The van der Waals surface area contributed by atoms with Crippen molar-refractivity contribution in [3.63, 3.8) is 0 Å². The highest BCUT2D eigenvalue weighted by atomic mass is 16.6. The van der Waals surface area contributed by atoms with Crippen molar-refractivity contribution in [2.24, 2.45) is 17.1 Å². The van der Waals surface area contributed by atoms with Crippen LogP contribution in [-0.2, 0) is 29.4 Å². The number of nitrogens with zero attached hydrogens (tertiary/aromatic N) is 5. The lowest BCUT2D eigenvalue weighted by atomic mass is 9.83. The fourth-order valence-electron chi connectivity index (χ4n) is 5.17. The van der Waals surface area contributed by atoms with E-state index >= 15 is 0 Å². The standard InChI is InChI=1S/C29H41N7O7/c1-6-35(7-2)27(40)34-25-18-11-12-20(36(18)33-16-32-25)29(15-30)24(38)22(42-26(39)23(31)28(3,4)5)19(43-29)14-41-21(37)13-17-9-8-10-17/h11-12,16-17,19,22-24,38H,6-10,13-14,31H2,1-5H3,(H,32,33,34,40)/t19-,22-,23-,24-,29+/m1/s1. The van der Waals surface area contributed by atoms with Gasteiger partial charge in [0.2, 0.25) is 5.60 Å². The lowest BCUT2D eigenvalue weighted by molar-refractivity contribution is -0.163. The zero-order chi connectivity index (χ0) is 31.5. The zero-order valence-electron chi connectivity index (χ0n) is 25.3. The molecule has 234 valence electrons. The third kappa shape index (κ3) is 6.43. The van der Waals surface area contributed by atoms with Crippen LogP contribution < -0.4 is 11.1 Å². The Bertz CT molecular complexity index is 1380. The average molecular weight is 600 g/mol. The van der Waals surface area contributed by atoms with Crippen molar-refractivity contribution < 1.29 is 33.7 Å². The van der Waals surface area contributed by atoms with Gasteiger partial charge >= 0.3 is 18.0 Å². The summed E-state index contributed by atoms with van der Waals surface area (Å²) in [6.07, 6.45) is 0.124. The van der Waals surface area contributed by atoms with Crippen molar-refractivity contribution in [2.45, 2.75) is 90.3 Å². The lowest BCUT2D eigenvalue weighted by Crippen LogP contribution is -2.49. The summed E-state index contributed by atoms with van der Waals surface area (Å²) in [5.41, 5.74) is 3.81. The van der Waals surface area contributed by atoms with E-state index in [1.165, 1.54) is 16.9 Å². The van der Waals surface area contributed by atoms with Crippen LogP contribution in [0.2, 0.25) is 0 Å².